The largest absolute Gasteiger partial charge is 0.464 e. The van der Waals surface area contributed by atoms with Crippen molar-refractivity contribution in [3.63, 3.8) is 0 Å². The minimum absolute atomic E-state index is 0.0321. The topological polar surface area (TPSA) is 81.7 Å². The quantitative estimate of drug-likeness (QED) is 0.627. The van der Waals surface area contributed by atoms with Crippen LogP contribution in [0.25, 0.3) is 0 Å². The molecule has 1 rings (SSSR count). The molecule has 1 aromatic carbocycles. The van der Waals surface area contributed by atoms with Crippen molar-refractivity contribution in [3.8, 4) is 0 Å². The van der Waals surface area contributed by atoms with Gasteiger partial charge in [0.1, 0.15) is 5.82 Å². The Kier molecular flexibility index (Phi) is 6.32. The molecule has 0 aliphatic rings. The van der Waals surface area contributed by atoms with Crippen molar-refractivity contribution >= 4 is 17.8 Å². The number of carbonyl (C=O) groups excluding carboxylic acids is 3. The van der Waals surface area contributed by atoms with Crippen LogP contribution in [0.2, 0.25) is 0 Å². The van der Waals surface area contributed by atoms with Gasteiger partial charge in [0.05, 0.1) is 18.8 Å². The van der Waals surface area contributed by atoms with Crippen molar-refractivity contribution in [1.29, 1.82) is 0 Å². The van der Waals surface area contributed by atoms with Gasteiger partial charge in [0.15, 0.2) is 0 Å². The summed E-state index contributed by atoms with van der Waals surface area (Å²) in [5.74, 6) is -3.58. The fourth-order valence-corrected chi connectivity index (χ4v) is 1.52. The van der Waals surface area contributed by atoms with E-state index in [0.717, 1.165) is 6.07 Å². The molecule has 0 saturated heterocycles. The maximum absolute atomic E-state index is 13.5. The van der Waals surface area contributed by atoms with Crippen LogP contribution in [-0.2, 0) is 19.1 Å². The van der Waals surface area contributed by atoms with E-state index in [1.807, 2.05) is 0 Å². The van der Waals surface area contributed by atoms with Gasteiger partial charge in [0.25, 0.3) is 5.91 Å². The highest BCUT2D eigenvalue weighted by molar-refractivity contribution is 6.05. The summed E-state index contributed by atoms with van der Waals surface area (Å²) >= 11 is 0. The highest BCUT2D eigenvalue weighted by atomic mass is 19.1. The summed E-state index contributed by atoms with van der Waals surface area (Å²) in [4.78, 5) is 35.3. The van der Waals surface area contributed by atoms with Gasteiger partial charge in [-0.25, -0.2) is 14.0 Å². The Hall–Kier alpha value is -2.44. The summed E-state index contributed by atoms with van der Waals surface area (Å²) in [5.41, 5.74) is -0.281. The van der Waals surface area contributed by atoms with E-state index in [1.54, 1.807) is 13.8 Å². The van der Waals surface area contributed by atoms with Gasteiger partial charge in [0.2, 0.25) is 6.04 Å². The van der Waals surface area contributed by atoms with Crippen LogP contribution in [0.4, 0.5) is 4.39 Å². The standard InChI is InChI=1S/C14H16FNO5/c1-3-20-13(18)11(14(19)21-4-2)16-12(17)9-7-5-6-8-10(9)15/h5-8,11H,3-4H2,1-2H3,(H,16,17). The third kappa shape index (κ3) is 4.55. The molecule has 21 heavy (non-hydrogen) atoms. The molecular formula is C14H16FNO5. The summed E-state index contributed by atoms with van der Waals surface area (Å²) in [6, 6.07) is 3.58. The molecule has 0 heterocycles. The predicted molar refractivity (Wildman–Crippen MR) is 70.9 cm³/mol. The smallest absolute Gasteiger partial charge is 0.340 e. The fraction of sp³-hybridized carbons (Fsp3) is 0.357. The number of ether oxygens (including phenoxy) is 2. The number of halogens is 1. The summed E-state index contributed by atoms with van der Waals surface area (Å²) in [6.45, 7) is 3.17. The molecule has 1 amide bonds. The second-order valence-electron chi connectivity index (χ2n) is 3.89. The van der Waals surface area contributed by atoms with Crippen molar-refractivity contribution in [2.45, 2.75) is 19.9 Å². The summed E-state index contributed by atoms with van der Waals surface area (Å²) in [7, 11) is 0. The second-order valence-corrected chi connectivity index (χ2v) is 3.89. The van der Waals surface area contributed by atoms with Gasteiger partial charge in [-0.05, 0) is 26.0 Å². The number of nitrogens with one attached hydrogen (secondary N) is 1. The van der Waals surface area contributed by atoms with Crippen LogP contribution < -0.4 is 5.32 Å². The highest BCUT2D eigenvalue weighted by Crippen LogP contribution is 2.07. The van der Waals surface area contributed by atoms with E-state index in [0.29, 0.717) is 0 Å². The normalized spacial score (nSPS) is 10.1. The van der Waals surface area contributed by atoms with Gasteiger partial charge in [-0.1, -0.05) is 12.1 Å². The zero-order chi connectivity index (χ0) is 15.8. The molecule has 0 aliphatic carbocycles. The SMILES string of the molecule is CCOC(=O)C(NC(=O)c1ccccc1F)C(=O)OCC. The van der Waals surface area contributed by atoms with Crippen LogP contribution in [0.15, 0.2) is 24.3 Å². The van der Waals surface area contributed by atoms with Crippen molar-refractivity contribution in [3.05, 3.63) is 35.6 Å². The molecule has 0 atom stereocenters. The lowest BCUT2D eigenvalue weighted by Gasteiger charge is -2.16. The van der Waals surface area contributed by atoms with Crippen LogP contribution >= 0.6 is 0 Å². The van der Waals surface area contributed by atoms with Gasteiger partial charge in [-0.3, -0.25) is 4.79 Å². The third-order valence-electron chi connectivity index (χ3n) is 2.44. The molecule has 0 aromatic heterocycles. The molecule has 114 valence electrons. The Bertz CT molecular complexity index is 514. The lowest BCUT2D eigenvalue weighted by Crippen LogP contribution is -2.48. The van der Waals surface area contributed by atoms with Crippen molar-refractivity contribution in [1.82, 2.24) is 5.32 Å². The molecule has 0 bridgehead atoms. The number of carbonyl (C=O) groups is 3. The highest BCUT2D eigenvalue weighted by Gasteiger charge is 2.32. The minimum Gasteiger partial charge on any atom is -0.464 e. The molecule has 7 heteroatoms. The minimum atomic E-state index is -1.63. The number of esters is 2. The maximum Gasteiger partial charge on any atom is 0.340 e. The summed E-state index contributed by atoms with van der Waals surface area (Å²) in [5, 5.41) is 2.12. The van der Waals surface area contributed by atoms with E-state index in [-0.39, 0.29) is 18.8 Å². The third-order valence-corrected chi connectivity index (χ3v) is 2.44. The number of hydrogen-bond acceptors (Lipinski definition) is 5. The lowest BCUT2D eigenvalue weighted by atomic mass is 10.2. The first kappa shape index (κ1) is 16.6. The predicted octanol–water partition coefficient (Wildman–Crippen LogP) is 1.05. The van der Waals surface area contributed by atoms with Crippen LogP contribution in [0.1, 0.15) is 24.2 Å². The Balaban J connectivity index is 2.90. The zero-order valence-corrected chi connectivity index (χ0v) is 11.7. The van der Waals surface area contributed by atoms with Crippen LogP contribution in [0.3, 0.4) is 0 Å². The first-order chi connectivity index (χ1) is 10.0. The molecule has 1 N–H and O–H groups in total. The van der Waals surface area contributed by atoms with E-state index in [2.05, 4.69) is 5.32 Å². The zero-order valence-electron chi connectivity index (χ0n) is 11.7. The van der Waals surface area contributed by atoms with E-state index >= 15 is 0 Å². The summed E-state index contributed by atoms with van der Waals surface area (Å²) in [6.07, 6.45) is 0. The van der Waals surface area contributed by atoms with E-state index in [9.17, 15) is 18.8 Å². The average Bonchev–Trinajstić information content (AvgIpc) is 2.45. The van der Waals surface area contributed by atoms with Gasteiger partial charge in [-0.15, -0.1) is 0 Å². The number of benzene rings is 1. The van der Waals surface area contributed by atoms with Crippen LogP contribution in [-0.4, -0.2) is 37.1 Å². The second kappa shape index (κ2) is 7.98. The van der Waals surface area contributed by atoms with Crippen molar-refractivity contribution in [2.75, 3.05) is 13.2 Å². The lowest BCUT2D eigenvalue weighted by molar-refractivity contribution is -0.157. The molecule has 0 fully saturated rings. The molecule has 0 aliphatic heterocycles. The fourth-order valence-electron chi connectivity index (χ4n) is 1.52. The van der Waals surface area contributed by atoms with Gasteiger partial charge >= 0.3 is 11.9 Å². The molecule has 0 unspecified atom stereocenters. The number of amides is 1. The number of rotatable bonds is 6. The average molecular weight is 297 g/mol. The molecule has 1 aromatic rings. The number of hydrogen-bond donors (Lipinski definition) is 1. The molecule has 6 nitrogen and oxygen atoms in total. The monoisotopic (exact) mass is 297 g/mol. The van der Waals surface area contributed by atoms with Crippen LogP contribution in [0, 0.1) is 5.82 Å². The van der Waals surface area contributed by atoms with Gasteiger partial charge in [-0.2, -0.15) is 0 Å². The van der Waals surface area contributed by atoms with Gasteiger partial charge in [0, 0.05) is 0 Å². The van der Waals surface area contributed by atoms with Crippen molar-refractivity contribution < 1.29 is 28.2 Å². The Morgan fingerprint density at radius 3 is 2.10 bits per heavy atom. The molecule has 0 radical (unpaired) electrons. The van der Waals surface area contributed by atoms with Gasteiger partial charge < -0.3 is 14.8 Å². The van der Waals surface area contributed by atoms with E-state index in [1.165, 1.54) is 18.2 Å². The molecule has 0 saturated carbocycles. The van der Waals surface area contributed by atoms with Crippen molar-refractivity contribution in [2.24, 2.45) is 0 Å². The Morgan fingerprint density at radius 2 is 1.62 bits per heavy atom. The Labute approximate surface area is 121 Å². The summed E-state index contributed by atoms with van der Waals surface area (Å²) < 4.78 is 22.9. The first-order valence-corrected chi connectivity index (χ1v) is 6.39. The first-order valence-electron chi connectivity index (χ1n) is 6.39. The van der Waals surface area contributed by atoms with E-state index < -0.39 is 29.7 Å². The Morgan fingerprint density at radius 1 is 1.10 bits per heavy atom. The molecule has 0 spiro atoms. The van der Waals surface area contributed by atoms with Crippen LogP contribution in [0.5, 0.6) is 0 Å². The van der Waals surface area contributed by atoms with E-state index in [4.69, 9.17) is 9.47 Å². The maximum atomic E-state index is 13.5. The molecular weight excluding hydrogens is 281 g/mol.